The lowest BCUT2D eigenvalue weighted by atomic mass is 9.93. The number of benzene rings is 1. The first-order chi connectivity index (χ1) is 13.2. The molecular formula is C19H20ClN5O2. The van der Waals surface area contributed by atoms with Crippen LogP contribution in [0, 0.1) is 0 Å². The Morgan fingerprint density at radius 3 is 2.81 bits per heavy atom. The van der Waals surface area contributed by atoms with Crippen molar-refractivity contribution in [2.45, 2.75) is 44.4 Å². The molecular weight excluding hydrogens is 366 g/mol. The molecule has 0 unspecified atom stereocenters. The van der Waals surface area contributed by atoms with Gasteiger partial charge in [-0.15, -0.1) is 5.10 Å². The van der Waals surface area contributed by atoms with Crippen LogP contribution in [0.2, 0.25) is 5.02 Å². The number of carbonyl (C=O) groups excluding carboxylic acids is 1. The Morgan fingerprint density at radius 2 is 2.00 bits per heavy atom. The van der Waals surface area contributed by atoms with Gasteiger partial charge in [-0.3, -0.25) is 4.79 Å². The maximum absolute atomic E-state index is 12.4. The van der Waals surface area contributed by atoms with Crippen molar-refractivity contribution in [3.8, 4) is 5.88 Å². The average molecular weight is 386 g/mol. The van der Waals surface area contributed by atoms with Gasteiger partial charge in [-0.25, -0.2) is 9.67 Å². The quantitative estimate of drug-likeness (QED) is 0.730. The molecule has 8 heteroatoms. The lowest BCUT2D eigenvalue weighted by Gasteiger charge is -2.29. The summed E-state index contributed by atoms with van der Waals surface area (Å²) >= 11 is 6.09. The van der Waals surface area contributed by atoms with Gasteiger partial charge in [-0.05, 0) is 49.9 Å². The number of pyridine rings is 1. The van der Waals surface area contributed by atoms with Crippen molar-refractivity contribution in [3.05, 3.63) is 47.6 Å². The molecule has 0 atom stereocenters. The zero-order valence-electron chi connectivity index (χ0n) is 14.7. The SMILES string of the molecule is O=C(Cn1nnc2ccccc21)NC1CCC(Oc2ncccc2Cl)CC1. The molecule has 0 bridgehead atoms. The molecule has 0 radical (unpaired) electrons. The third-order valence-electron chi connectivity index (χ3n) is 4.76. The number of amides is 1. The molecule has 27 heavy (non-hydrogen) atoms. The van der Waals surface area contributed by atoms with Crippen LogP contribution in [0.4, 0.5) is 0 Å². The van der Waals surface area contributed by atoms with Crippen LogP contribution in [-0.2, 0) is 11.3 Å². The molecule has 1 saturated carbocycles. The average Bonchev–Trinajstić information content (AvgIpc) is 3.08. The minimum atomic E-state index is -0.0530. The van der Waals surface area contributed by atoms with E-state index in [9.17, 15) is 4.79 Å². The number of carbonyl (C=O) groups is 1. The summed E-state index contributed by atoms with van der Waals surface area (Å²) in [6, 6.07) is 11.3. The van der Waals surface area contributed by atoms with E-state index in [1.807, 2.05) is 24.3 Å². The van der Waals surface area contributed by atoms with E-state index in [-0.39, 0.29) is 24.6 Å². The Labute approximate surface area is 161 Å². The highest BCUT2D eigenvalue weighted by Crippen LogP contribution is 2.27. The van der Waals surface area contributed by atoms with Crippen LogP contribution >= 0.6 is 11.6 Å². The fourth-order valence-corrected chi connectivity index (χ4v) is 3.55. The molecule has 3 aromatic rings. The van der Waals surface area contributed by atoms with Gasteiger partial charge in [0.25, 0.3) is 0 Å². The van der Waals surface area contributed by atoms with Gasteiger partial charge in [0.1, 0.15) is 23.2 Å². The third-order valence-corrected chi connectivity index (χ3v) is 5.04. The van der Waals surface area contributed by atoms with Gasteiger partial charge < -0.3 is 10.1 Å². The molecule has 1 amide bonds. The molecule has 1 N–H and O–H groups in total. The molecule has 0 saturated heterocycles. The van der Waals surface area contributed by atoms with Crippen LogP contribution in [0.25, 0.3) is 11.0 Å². The molecule has 0 spiro atoms. The van der Waals surface area contributed by atoms with Gasteiger partial charge in [-0.2, -0.15) is 0 Å². The Hall–Kier alpha value is -2.67. The molecule has 1 aliphatic rings. The van der Waals surface area contributed by atoms with Gasteiger partial charge in [0.2, 0.25) is 11.8 Å². The fraction of sp³-hybridized carbons (Fsp3) is 0.368. The third kappa shape index (κ3) is 4.19. The summed E-state index contributed by atoms with van der Waals surface area (Å²) < 4.78 is 7.52. The molecule has 4 rings (SSSR count). The molecule has 1 aromatic carbocycles. The Balaban J connectivity index is 1.27. The number of fused-ring (bicyclic) bond motifs is 1. The van der Waals surface area contributed by atoms with Crippen molar-refractivity contribution in [3.63, 3.8) is 0 Å². The summed E-state index contributed by atoms with van der Waals surface area (Å²) in [5.74, 6) is 0.424. The smallest absolute Gasteiger partial charge is 0.242 e. The maximum atomic E-state index is 12.4. The molecule has 140 valence electrons. The van der Waals surface area contributed by atoms with Crippen molar-refractivity contribution in [2.24, 2.45) is 0 Å². The van der Waals surface area contributed by atoms with E-state index in [4.69, 9.17) is 16.3 Å². The van der Waals surface area contributed by atoms with Crippen molar-refractivity contribution >= 4 is 28.5 Å². The number of aromatic nitrogens is 4. The minimum absolute atomic E-state index is 0.0530. The summed E-state index contributed by atoms with van der Waals surface area (Å²) in [5.41, 5.74) is 1.65. The predicted molar refractivity (Wildman–Crippen MR) is 102 cm³/mol. The topological polar surface area (TPSA) is 81.9 Å². The van der Waals surface area contributed by atoms with Crippen molar-refractivity contribution < 1.29 is 9.53 Å². The summed E-state index contributed by atoms with van der Waals surface area (Å²) in [7, 11) is 0. The van der Waals surface area contributed by atoms with E-state index < -0.39 is 0 Å². The van der Waals surface area contributed by atoms with E-state index in [0.717, 1.165) is 36.7 Å². The number of ether oxygens (including phenoxy) is 1. The molecule has 2 aromatic heterocycles. The highest BCUT2D eigenvalue weighted by atomic mass is 35.5. The van der Waals surface area contributed by atoms with E-state index in [0.29, 0.717) is 10.9 Å². The van der Waals surface area contributed by atoms with E-state index in [1.54, 1.807) is 23.0 Å². The molecule has 7 nitrogen and oxygen atoms in total. The minimum Gasteiger partial charge on any atom is -0.473 e. The zero-order valence-corrected chi connectivity index (χ0v) is 15.5. The fourth-order valence-electron chi connectivity index (χ4n) is 3.38. The Kier molecular flexibility index (Phi) is 5.20. The first-order valence-corrected chi connectivity index (χ1v) is 9.41. The van der Waals surface area contributed by atoms with Crippen LogP contribution in [0.1, 0.15) is 25.7 Å². The van der Waals surface area contributed by atoms with Gasteiger partial charge in [-0.1, -0.05) is 28.9 Å². The van der Waals surface area contributed by atoms with Crippen LogP contribution < -0.4 is 10.1 Å². The normalized spacial score (nSPS) is 19.7. The van der Waals surface area contributed by atoms with Crippen molar-refractivity contribution in [1.82, 2.24) is 25.3 Å². The van der Waals surface area contributed by atoms with Crippen molar-refractivity contribution in [2.75, 3.05) is 0 Å². The molecule has 2 heterocycles. The number of hydrogen-bond donors (Lipinski definition) is 1. The Morgan fingerprint density at radius 1 is 1.19 bits per heavy atom. The number of halogens is 1. The zero-order chi connectivity index (χ0) is 18.6. The van der Waals surface area contributed by atoms with Gasteiger partial charge >= 0.3 is 0 Å². The molecule has 1 fully saturated rings. The highest BCUT2D eigenvalue weighted by Gasteiger charge is 2.24. The van der Waals surface area contributed by atoms with Gasteiger partial charge in [0.05, 0.1) is 5.52 Å². The highest BCUT2D eigenvalue weighted by molar-refractivity contribution is 6.31. The summed E-state index contributed by atoms with van der Waals surface area (Å²) in [4.78, 5) is 16.5. The number of rotatable bonds is 5. The first kappa shape index (κ1) is 17.7. The number of nitrogens with one attached hydrogen (secondary N) is 1. The first-order valence-electron chi connectivity index (χ1n) is 9.04. The molecule has 0 aliphatic heterocycles. The van der Waals surface area contributed by atoms with E-state index in [1.165, 1.54) is 0 Å². The predicted octanol–water partition coefficient (Wildman–Crippen LogP) is 2.99. The standard InChI is InChI=1S/C19H20ClN5O2/c20-15-4-3-11-21-19(15)27-14-9-7-13(8-10-14)22-18(26)12-25-17-6-2-1-5-16(17)23-24-25/h1-6,11,13-14H,7-10,12H2,(H,22,26). The Bertz CT molecular complexity index is 937. The van der Waals surface area contributed by atoms with Gasteiger partial charge in [0, 0.05) is 12.2 Å². The second-order valence-corrected chi connectivity index (χ2v) is 7.09. The van der Waals surface area contributed by atoms with Crippen LogP contribution in [0.3, 0.4) is 0 Å². The van der Waals surface area contributed by atoms with E-state index in [2.05, 4.69) is 20.6 Å². The van der Waals surface area contributed by atoms with E-state index >= 15 is 0 Å². The number of hydrogen-bond acceptors (Lipinski definition) is 5. The number of para-hydroxylation sites is 1. The summed E-state index contributed by atoms with van der Waals surface area (Å²) in [5, 5.41) is 11.8. The second kappa shape index (κ2) is 7.92. The van der Waals surface area contributed by atoms with Crippen LogP contribution in [0.5, 0.6) is 5.88 Å². The maximum Gasteiger partial charge on any atom is 0.242 e. The van der Waals surface area contributed by atoms with Gasteiger partial charge in [0.15, 0.2) is 0 Å². The summed E-state index contributed by atoms with van der Waals surface area (Å²) in [6.07, 6.45) is 5.16. The lowest BCUT2D eigenvalue weighted by Crippen LogP contribution is -2.41. The monoisotopic (exact) mass is 385 g/mol. The second-order valence-electron chi connectivity index (χ2n) is 6.69. The molecule has 1 aliphatic carbocycles. The summed E-state index contributed by atoms with van der Waals surface area (Å²) in [6.45, 7) is 0.167. The van der Waals surface area contributed by atoms with Crippen molar-refractivity contribution in [1.29, 1.82) is 0 Å². The van der Waals surface area contributed by atoms with Crippen LogP contribution in [0.15, 0.2) is 42.6 Å². The van der Waals surface area contributed by atoms with Crippen LogP contribution in [-0.4, -0.2) is 38.0 Å². The lowest BCUT2D eigenvalue weighted by molar-refractivity contribution is -0.122. The number of nitrogens with zero attached hydrogens (tertiary/aromatic N) is 4. The largest absolute Gasteiger partial charge is 0.473 e.